The van der Waals surface area contributed by atoms with Gasteiger partial charge in [-0.25, -0.2) is 0 Å². The highest BCUT2D eigenvalue weighted by molar-refractivity contribution is 5.44. The summed E-state index contributed by atoms with van der Waals surface area (Å²) in [5, 5.41) is 0. The Morgan fingerprint density at radius 1 is 1.17 bits per heavy atom. The van der Waals surface area contributed by atoms with Gasteiger partial charge in [-0.15, -0.1) is 0 Å². The number of aryl methyl sites for hydroxylation is 2. The van der Waals surface area contributed by atoms with Gasteiger partial charge in [0, 0.05) is 6.54 Å². The zero-order valence-corrected chi connectivity index (χ0v) is 11.5. The minimum Gasteiger partial charge on any atom is -0.490 e. The van der Waals surface area contributed by atoms with Gasteiger partial charge in [0.25, 0.3) is 0 Å². The van der Waals surface area contributed by atoms with Gasteiger partial charge >= 0.3 is 0 Å². The van der Waals surface area contributed by atoms with E-state index in [1.165, 1.54) is 16.7 Å². The maximum Gasteiger partial charge on any atom is 0.125 e. The second kappa shape index (κ2) is 5.72. The molecule has 3 heteroatoms. The van der Waals surface area contributed by atoms with Crippen molar-refractivity contribution >= 4 is 0 Å². The van der Waals surface area contributed by atoms with E-state index in [0.717, 1.165) is 18.6 Å². The maximum atomic E-state index is 5.96. The van der Waals surface area contributed by atoms with Crippen LogP contribution in [0.5, 0.6) is 5.75 Å². The molecule has 18 heavy (non-hydrogen) atoms. The van der Waals surface area contributed by atoms with Gasteiger partial charge in [0.05, 0.1) is 12.2 Å². The third-order valence-corrected chi connectivity index (χ3v) is 3.75. The van der Waals surface area contributed by atoms with Crippen LogP contribution in [-0.2, 0) is 4.74 Å². The number of benzene rings is 1. The van der Waals surface area contributed by atoms with Gasteiger partial charge in [-0.05, 0) is 50.3 Å². The third kappa shape index (κ3) is 2.85. The molecule has 1 saturated heterocycles. The molecule has 0 spiro atoms. The predicted octanol–water partition coefficient (Wildman–Crippen LogP) is 2.50. The van der Waals surface area contributed by atoms with Crippen LogP contribution in [0.15, 0.2) is 12.1 Å². The summed E-state index contributed by atoms with van der Waals surface area (Å²) in [5.41, 5.74) is 9.28. The lowest BCUT2D eigenvalue weighted by Gasteiger charge is -2.17. The molecule has 0 saturated carbocycles. The van der Waals surface area contributed by atoms with Crippen molar-refractivity contribution in [3.8, 4) is 5.75 Å². The molecule has 2 unspecified atom stereocenters. The van der Waals surface area contributed by atoms with E-state index >= 15 is 0 Å². The number of rotatable bonds is 4. The highest BCUT2D eigenvalue weighted by atomic mass is 16.5. The summed E-state index contributed by atoms with van der Waals surface area (Å²) < 4.78 is 11.8. The van der Waals surface area contributed by atoms with E-state index in [4.69, 9.17) is 15.2 Å². The molecule has 2 atom stereocenters. The molecule has 0 radical (unpaired) electrons. The first kappa shape index (κ1) is 13.4. The van der Waals surface area contributed by atoms with Crippen molar-refractivity contribution in [1.29, 1.82) is 0 Å². The van der Waals surface area contributed by atoms with Crippen molar-refractivity contribution in [1.82, 2.24) is 0 Å². The molecule has 2 N–H and O–H groups in total. The summed E-state index contributed by atoms with van der Waals surface area (Å²) in [5.74, 6) is 1.01. The van der Waals surface area contributed by atoms with Crippen molar-refractivity contribution in [2.45, 2.75) is 45.8 Å². The molecule has 1 aromatic carbocycles. The van der Waals surface area contributed by atoms with E-state index in [-0.39, 0.29) is 12.2 Å². The van der Waals surface area contributed by atoms with Crippen LogP contribution in [0.3, 0.4) is 0 Å². The van der Waals surface area contributed by atoms with Gasteiger partial charge in [-0.2, -0.15) is 0 Å². The average Bonchev–Trinajstić information content (AvgIpc) is 2.82. The zero-order valence-electron chi connectivity index (χ0n) is 11.5. The molecule has 2 rings (SSSR count). The van der Waals surface area contributed by atoms with E-state index in [9.17, 15) is 0 Å². The Balaban J connectivity index is 1.97. The molecule has 0 amide bonds. The fraction of sp³-hybridized carbons (Fsp3) is 0.600. The van der Waals surface area contributed by atoms with Crippen LogP contribution in [-0.4, -0.2) is 25.4 Å². The highest BCUT2D eigenvalue weighted by Crippen LogP contribution is 2.27. The standard InChI is InChI=1S/C15H23NO2/c1-10-4-5-11(2)15(12(10)3)17-9-14-7-6-13(8-16)18-14/h4-5,13-14H,6-9,16H2,1-3H3. The summed E-state index contributed by atoms with van der Waals surface area (Å²) in [6.07, 6.45) is 2.51. The van der Waals surface area contributed by atoms with Crippen LogP contribution in [0.1, 0.15) is 29.5 Å². The van der Waals surface area contributed by atoms with E-state index < -0.39 is 0 Å². The first-order chi connectivity index (χ1) is 8.61. The molecule has 0 bridgehead atoms. The summed E-state index contributed by atoms with van der Waals surface area (Å²) in [6.45, 7) is 7.54. The monoisotopic (exact) mass is 249 g/mol. The summed E-state index contributed by atoms with van der Waals surface area (Å²) in [7, 11) is 0. The molecule has 3 nitrogen and oxygen atoms in total. The largest absolute Gasteiger partial charge is 0.490 e. The van der Waals surface area contributed by atoms with Gasteiger partial charge in [0.2, 0.25) is 0 Å². The van der Waals surface area contributed by atoms with Crippen molar-refractivity contribution in [3.63, 3.8) is 0 Å². The normalized spacial score (nSPS) is 23.3. The van der Waals surface area contributed by atoms with Crippen LogP contribution in [0.2, 0.25) is 0 Å². The molecule has 1 aromatic rings. The fourth-order valence-electron chi connectivity index (χ4n) is 2.40. The SMILES string of the molecule is Cc1ccc(C)c(OCC2CCC(CN)O2)c1C. The minimum atomic E-state index is 0.192. The Morgan fingerprint density at radius 2 is 1.83 bits per heavy atom. The van der Waals surface area contributed by atoms with Crippen LogP contribution < -0.4 is 10.5 Å². The molecular weight excluding hydrogens is 226 g/mol. The van der Waals surface area contributed by atoms with Crippen molar-refractivity contribution in [2.24, 2.45) is 5.73 Å². The van der Waals surface area contributed by atoms with Gasteiger partial charge in [0.15, 0.2) is 0 Å². The Morgan fingerprint density at radius 3 is 2.50 bits per heavy atom. The molecule has 1 fully saturated rings. The molecule has 0 aliphatic carbocycles. The quantitative estimate of drug-likeness (QED) is 0.891. The lowest BCUT2D eigenvalue weighted by molar-refractivity contribution is 0.0219. The smallest absolute Gasteiger partial charge is 0.125 e. The summed E-state index contributed by atoms with van der Waals surface area (Å²) in [4.78, 5) is 0. The van der Waals surface area contributed by atoms with Gasteiger partial charge in [0.1, 0.15) is 12.4 Å². The second-order valence-electron chi connectivity index (χ2n) is 5.16. The lowest BCUT2D eigenvalue weighted by atomic mass is 10.1. The number of hydrogen-bond donors (Lipinski definition) is 1. The third-order valence-electron chi connectivity index (χ3n) is 3.75. The summed E-state index contributed by atoms with van der Waals surface area (Å²) >= 11 is 0. The van der Waals surface area contributed by atoms with E-state index in [2.05, 4.69) is 32.9 Å². The average molecular weight is 249 g/mol. The van der Waals surface area contributed by atoms with Crippen LogP contribution in [0, 0.1) is 20.8 Å². The number of hydrogen-bond acceptors (Lipinski definition) is 3. The van der Waals surface area contributed by atoms with Crippen LogP contribution >= 0.6 is 0 Å². The molecular formula is C15H23NO2. The van der Waals surface area contributed by atoms with Gasteiger partial charge in [-0.1, -0.05) is 12.1 Å². The van der Waals surface area contributed by atoms with E-state index in [1.54, 1.807) is 0 Å². The van der Waals surface area contributed by atoms with Gasteiger partial charge < -0.3 is 15.2 Å². The maximum absolute atomic E-state index is 5.96. The first-order valence-electron chi connectivity index (χ1n) is 6.67. The number of nitrogens with two attached hydrogens (primary N) is 1. The van der Waals surface area contributed by atoms with Gasteiger partial charge in [-0.3, -0.25) is 0 Å². The molecule has 1 heterocycles. The molecule has 0 aromatic heterocycles. The Labute approximate surface area is 109 Å². The molecule has 1 aliphatic heterocycles. The number of ether oxygens (including phenoxy) is 2. The topological polar surface area (TPSA) is 44.5 Å². The second-order valence-corrected chi connectivity index (χ2v) is 5.16. The Kier molecular flexibility index (Phi) is 4.25. The lowest BCUT2D eigenvalue weighted by Crippen LogP contribution is -2.23. The van der Waals surface area contributed by atoms with Crippen molar-refractivity contribution in [2.75, 3.05) is 13.2 Å². The Bertz CT molecular complexity index is 417. The van der Waals surface area contributed by atoms with Crippen molar-refractivity contribution in [3.05, 3.63) is 28.8 Å². The van der Waals surface area contributed by atoms with Crippen LogP contribution in [0.4, 0.5) is 0 Å². The molecule has 1 aliphatic rings. The van der Waals surface area contributed by atoms with Crippen molar-refractivity contribution < 1.29 is 9.47 Å². The van der Waals surface area contributed by atoms with E-state index in [0.29, 0.717) is 13.2 Å². The minimum absolute atomic E-state index is 0.192. The van der Waals surface area contributed by atoms with Crippen LogP contribution in [0.25, 0.3) is 0 Å². The highest BCUT2D eigenvalue weighted by Gasteiger charge is 2.24. The van der Waals surface area contributed by atoms with E-state index in [1.807, 2.05) is 0 Å². The zero-order chi connectivity index (χ0) is 13.1. The first-order valence-corrected chi connectivity index (χ1v) is 6.67. The fourth-order valence-corrected chi connectivity index (χ4v) is 2.40. The predicted molar refractivity (Wildman–Crippen MR) is 73.1 cm³/mol. The summed E-state index contributed by atoms with van der Waals surface area (Å²) in [6, 6.07) is 4.24. The molecule has 100 valence electrons. The Hall–Kier alpha value is -1.06.